The maximum Gasteiger partial charge on any atom is 0.106 e. The second-order valence-corrected chi connectivity index (χ2v) is 11.0. The molecule has 2 unspecified atom stereocenters. The third-order valence-corrected chi connectivity index (χ3v) is 8.25. The maximum absolute atomic E-state index is 11.1. The summed E-state index contributed by atoms with van der Waals surface area (Å²) in [7, 11) is 0. The highest BCUT2D eigenvalue weighted by Crippen LogP contribution is 2.50. The van der Waals surface area contributed by atoms with Crippen LogP contribution in [-0.4, -0.2) is 32.6 Å². The number of aliphatic hydroxyl groups is 2. The molecule has 0 fully saturated rings. The van der Waals surface area contributed by atoms with Crippen LogP contribution in [0.3, 0.4) is 0 Å². The molecule has 0 aliphatic rings. The molecule has 0 aromatic carbocycles. The fraction of sp³-hybridized carbons (Fsp3) is 1.00. The molecule has 0 spiro atoms. The fourth-order valence-electron chi connectivity index (χ4n) is 3.08. The zero-order valence-corrected chi connectivity index (χ0v) is 19.9. The van der Waals surface area contributed by atoms with Crippen molar-refractivity contribution in [3.63, 3.8) is 0 Å². The first-order valence-electron chi connectivity index (χ1n) is 9.91. The van der Waals surface area contributed by atoms with Crippen molar-refractivity contribution in [3.8, 4) is 0 Å². The molecule has 2 atom stereocenters. The van der Waals surface area contributed by atoms with E-state index in [1.54, 1.807) is 0 Å². The van der Waals surface area contributed by atoms with Gasteiger partial charge in [0, 0.05) is 10.8 Å². The Morgan fingerprint density at radius 2 is 0.692 bits per heavy atom. The predicted octanol–water partition coefficient (Wildman–Crippen LogP) is 5.36. The van der Waals surface area contributed by atoms with Crippen LogP contribution >= 0.6 is 0 Å². The zero-order chi connectivity index (χ0) is 21.6. The number of rotatable bonds is 9. The van der Waals surface area contributed by atoms with Gasteiger partial charge in [-0.1, -0.05) is 55.4 Å². The fourth-order valence-corrected chi connectivity index (χ4v) is 3.08. The maximum atomic E-state index is 11.1. The molecular formula is C22H46O4. The average Bonchev–Trinajstić information content (AvgIpc) is 2.44. The molecular weight excluding hydrogens is 328 g/mol. The molecule has 0 aliphatic heterocycles. The molecule has 0 aromatic rings. The molecule has 0 saturated heterocycles. The van der Waals surface area contributed by atoms with Gasteiger partial charge in [0.15, 0.2) is 0 Å². The Morgan fingerprint density at radius 3 is 0.846 bits per heavy atom. The van der Waals surface area contributed by atoms with Gasteiger partial charge in [-0.15, -0.1) is 0 Å². The van der Waals surface area contributed by atoms with Crippen LogP contribution < -0.4 is 0 Å². The first kappa shape index (κ1) is 25.8. The summed E-state index contributed by atoms with van der Waals surface area (Å²) in [5.41, 5.74) is -4.54. The molecule has 4 nitrogen and oxygen atoms in total. The van der Waals surface area contributed by atoms with Crippen molar-refractivity contribution < 1.29 is 20.0 Å². The van der Waals surface area contributed by atoms with Gasteiger partial charge >= 0.3 is 0 Å². The summed E-state index contributed by atoms with van der Waals surface area (Å²) < 4.78 is 0. The first-order chi connectivity index (χ1) is 11.1. The molecule has 26 heavy (non-hydrogen) atoms. The van der Waals surface area contributed by atoms with Crippen LogP contribution in [-0.2, 0) is 9.78 Å². The van der Waals surface area contributed by atoms with Crippen molar-refractivity contribution in [3.05, 3.63) is 0 Å². The van der Waals surface area contributed by atoms with Crippen LogP contribution in [0, 0.1) is 22.7 Å². The Kier molecular flexibility index (Phi) is 7.30. The van der Waals surface area contributed by atoms with Crippen LogP contribution in [0.4, 0.5) is 0 Å². The summed E-state index contributed by atoms with van der Waals surface area (Å²) in [5, 5.41) is 22.1. The van der Waals surface area contributed by atoms with E-state index < -0.39 is 33.2 Å². The van der Waals surface area contributed by atoms with Gasteiger partial charge in [-0.05, 0) is 53.4 Å². The molecule has 0 bridgehead atoms. The topological polar surface area (TPSA) is 58.9 Å². The molecule has 0 saturated carbocycles. The van der Waals surface area contributed by atoms with Crippen LogP contribution in [0.25, 0.3) is 0 Å². The van der Waals surface area contributed by atoms with E-state index in [9.17, 15) is 10.2 Å². The summed E-state index contributed by atoms with van der Waals surface area (Å²) in [5.74, 6) is 0.123. The highest BCUT2D eigenvalue weighted by atomic mass is 17.2. The molecule has 0 aromatic heterocycles. The Hall–Kier alpha value is -0.160. The third-order valence-electron chi connectivity index (χ3n) is 8.25. The van der Waals surface area contributed by atoms with Gasteiger partial charge in [-0.25, -0.2) is 9.78 Å². The lowest BCUT2D eigenvalue weighted by molar-refractivity contribution is -0.448. The van der Waals surface area contributed by atoms with Crippen molar-refractivity contribution in [1.82, 2.24) is 0 Å². The van der Waals surface area contributed by atoms with Crippen LogP contribution in [0.2, 0.25) is 0 Å². The Labute approximate surface area is 162 Å². The largest absolute Gasteiger partial charge is 0.389 e. The molecule has 0 rings (SSSR count). The minimum atomic E-state index is -0.942. The number of hydrogen-bond donors (Lipinski definition) is 2. The Bertz CT molecular complexity index is 425. The molecule has 0 radical (unpaired) electrons. The molecule has 2 N–H and O–H groups in total. The van der Waals surface area contributed by atoms with Gasteiger partial charge in [-0.2, -0.15) is 0 Å². The Balaban J connectivity index is 5.62. The normalized spacial score (nSPS) is 19.6. The van der Waals surface area contributed by atoms with E-state index in [2.05, 4.69) is 0 Å². The van der Waals surface area contributed by atoms with Gasteiger partial charge < -0.3 is 10.2 Å². The molecule has 0 heterocycles. The molecule has 158 valence electrons. The quantitative estimate of drug-likeness (QED) is 0.421. The van der Waals surface area contributed by atoms with Gasteiger partial charge in [0.25, 0.3) is 0 Å². The summed E-state index contributed by atoms with van der Waals surface area (Å²) in [4.78, 5) is 12.0. The smallest absolute Gasteiger partial charge is 0.106 e. The SMILES string of the molecule is CC(C)C(C)(O)C(C)(C)C(C)(C)OOC(C)(C)C(C)(C)C(C)(O)C(C)C. The second-order valence-electron chi connectivity index (χ2n) is 11.0. The predicted molar refractivity (Wildman–Crippen MR) is 109 cm³/mol. The average molecular weight is 375 g/mol. The van der Waals surface area contributed by atoms with Crippen molar-refractivity contribution >= 4 is 0 Å². The van der Waals surface area contributed by atoms with E-state index in [4.69, 9.17) is 9.78 Å². The van der Waals surface area contributed by atoms with E-state index in [-0.39, 0.29) is 11.8 Å². The summed E-state index contributed by atoms with van der Waals surface area (Å²) >= 11 is 0. The Morgan fingerprint density at radius 1 is 0.500 bits per heavy atom. The van der Waals surface area contributed by atoms with Gasteiger partial charge in [0.1, 0.15) is 11.2 Å². The lowest BCUT2D eigenvalue weighted by Gasteiger charge is -2.54. The van der Waals surface area contributed by atoms with Gasteiger partial charge in [-0.3, -0.25) is 0 Å². The zero-order valence-electron chi connectivity index (χ0n) is 19.9. The van der Waals surface area contributed by atoms with Crippen molar-refractivity contribution in [1.29, 1.82) is 0 Å². The summed E-state index contributed by atoms with van der Waals surface area (Å²) in [6.07, 6.45) is 0. The van der Waals surface area contributed by atoms with Gasteiger partial charge in [0.05, 0.1) is 11.2 Å². The van der Waals surface area contributed by atoms with Crippen LogP contribution in [0.1, 0.15) is 96.9 Å². The summed E-state index contributed by atoms with van der Waals surface area (Å²) in [6, 6.07) is 0. The van der Waals surface area contributed by atoms with Crippen molar-refractivity contribution in [2.24, 2.45) is 22.7 Å². The van der Waals surface area contributed by atoms with Crippen LogP contribution in [0.15, 0.2) is 0 Å². The third kappa shape index (κ3) is 4.14. The van der Waals surface area contributed by atoms with E-state index in [0.29, 0.717) is 0 Å². The van der Waals surface area contributed by atoms with Crippen molar-refractivity contribution in [2.75, 3.05) is 0 Å². The van der Waals surface area contributed by atoms with E-state index in [1.165, 1.54) is 0 Å². The van der Waals surface area contributed by atoms with E-state index in [1.807, 2.05) is 96.9 Å². The monoisotopic (exact) mass is 374 g/mol. The summed E-state index contributed by atoms with van der Waals surface area (Å²) in [6.45, 7) is 27.5. The van der Waals surface area contributed by atoms with Crippen molar-refractivity contribution in [2.45, 2.75) is 119 Å². The molecule has 4 heteroatoms. The van der Waals surface area contributed by atoms with E-state index >= 15 is 0 Å². The first-order valence-corrected chi connectivity index (χ1v) is 9.91. The van der Waals surface area contributed by atoms with Gasteiger partial charge in [0.2, 0.25) is 0 Å². The second kappa shape index (κ2) is 7.35. The highest BCUT2D eigenvalue weighted by Gasteiger charge is 2.56. The highest BCUT2D eigenvalue weighted by molar-refractivity contribution is 5.03. The number of hydrogen-bond acceptors (Lipinski definition) is 4. The van der Waals surface area contributed by atoms with E-state index in [0.717, 1.165) is 0 Å². The lowest BCUT2D eigenvalue weighted by Crippen LogP contribution is -2.61. The van der Waals surface area contributed by atoms with Crippen LogP contribution in [0.5, 0.6) is 0 Å². The molecule has 0 aliphatic carbocycles. The minimum Gasteiger partial charge on any atom is -0.389 e. The molecule has 0 amide bonds. The lowest BCUT2D eigenvalue weighted by atomic mass is 9.61. The standard InChI is InChI=1S/C22H46O4/c1-15(2)21(13,23)17(5,6)19(9,10)25-26-20(11,12)18(7,8)22(14,24)16(3)4/h15-16,23-24H,1-14H3. The minimum absolute atomic E-state index is 0.0616.